The van der Waals surface area contributed by atoms with Gasteiger partial charge in [0.1, 0.15) is 5.75 Å². The molecule has 1 aromatic carbocycles. The third-order valence-electron chi connectivity index (χ3n) is 7.20. The molecule has 36 heavy (non-hydrogen) atoms. The molecule has 1 atom stereocenters. The normalized spacial score (nSPS) is 18.2. The monoisotopic (exact) mass is 506 g/mol. The second-order valence-corrected chi connectivity index (χ2v) is 10.3. The number of carbonyl (C=O) groups excluding carboxylic acids is 2. The first-order valence-electron chi connectivity index (χ1n) is 12.5. The summed E-state index contributed by atoms with van der Waals surface area (Å²) in [6.07, 6.45) is 8.11. The highest BCUT2D eigenvalue weighted by atomic mass is 32.1. The van der Waals surface area contributed by atoms with E-state index in [0.29, 0.717) is 28.7 Å². The maximum atomic E-state index is 12.9. The summed E-state index contributed by atoms with van der Waals surface area (Å²) in [6, 6.07) is 11.1. The number of nitrogens with one attached hydrogen (secondary N) is 1. The molecule has 0 radical (unpaired) electrons. The lowest BCUT2D eigenvalue weighted by molar-refractivity contribution is -0.608. The van der Waals surface area contributed by atoms with Gasteiger partial charge in [-0.05, 0) is 48.9 Å². The van der Waals surface area contributed by atoms with Crippen LogP contribution in [0.4, 0.5) is 5.13 Å². The zero-order chi connectivity index (χ0) is 25.1. The molecule has 0 spiro atoms. The number of rotatable bonds is 6. The second kappa shape index (κ2) is 10.7. The summed E-state index contributed by atoms with van der Waals surface area (Å²) in [6.45, 7) is 0.704. The van der Waals surface area contributed by atoms with E-state index in [0.717, 1.165) is 17.0 Å². The first-order chi connectivity index (χ1) is 17.5. The molecule has 2 fully saturated rings. The molecule has 2 amide bonds. The summed E-state index contributed by atoms with van der Waals surface area (Å²) in [5.41, 5.74) is 3.09. The van der Waals surface area contributed by atoms with Gasteiger partial charge in [-0.25, -0.2) is 4.98 Å². The van der Waals surface area contributed by atoms with Crippen molar-refractivity contribution < 1.29 is 19.1 Å². The molecule has 0 bridgehead atoms. The number of amides is 2. The number of methoxy groups -OCH3 is 1. The summed E-state index contributed by atoms with van der Waals surface area (Å²) in [5, 5.41) is 17.3. The average Bonchev–Trinajstić information content (AvgIpc) is 3.59. The van der Waals surface area contributed by atoms with E-state index >= 15 is 0 Å². The Kier molecular flexibility index (Phi) is 7.18. The van der Waals surface area contributed by atoms with Crippen molar-refractivity contribution in [3.63, 3.8) is 0 Å². The Morgan fingerprint density at radius 2 is 2.00 bits per heavy atom. The number of aromatic nitrogens is 2. The van der Waals surface area contributed by atoms with Crippen LogP contribution in [0, 0.1) is 11.1 Å². The molecule has 1 saturated carbocycles. The largest absolute Gasteiger partial charge is 0.618 e. The molecule has 9 heteroatoms. The van der Waals surface area contributed by atoms with E-state index < -0.39 is 0 Å². The minimum Gasteiger partial charge on any atom is -0.618 e. The van der Waals surface area contributed by atoms with Crippen LogP contribution in [-0.4, -0.2) is 41.9 Å². The van der Waals surface area contributed by atoms with E-state index in [-0.39, 0.29) is 30.0 Å². The van der Waals surface area contributed by atoms with Crippen LogP contribution in [0.3, 0.4) is 0 Å². The van der Waals surface area contributed by atoms with Crippen molar-refractivity contribution in [2.75, 3.05) is 25.5 Å². The van der Waals surface area contributed by atoms with Crippen LogP contribution in [0.25, 0.3) is 11.3 Å². The highest BCUT2D eigenvalue weighted by molar-refractivity contribution is 7.14. The molecule has 1 saturated heterocycles. The minimum absolute atomic E-state index is 0.0625. The zero-order valence-corrected chi connectivity index (χ0v) is 21.1. The molecule has 1 aliphatic heterocycles. The molecule has 1 unspecified atom stereocenters. The molecule has 8 nitrogen and oxygen atoms in total. The first-order valence-corrected chi connectivity index (χ1v) is 13.3. The van der Waals surface area contributed by atoms with Gasteiger partial charge in [0.05, 0.1) is 18.7 Å². The number of hydrogen-bond donors (Lipinski definition) is 1. The van der Waals surface area contributed by atoms with Crippen molar-refractivity contribution in [2.45, 2.75) is 44.4 Å². The van der Waals surface area contributed by atoms with Crippen molar-refractivity contribution in [3.8, 4) is 17.0 Å². The van der Waals surface area contributed by atoms with Gasteiger partial charge in [0.15, 0.2) is 11.3 Å². The van der Waals surface area contributed by atoms with Crippen LogP contribution in [-0.2, 0) is 4.79 Å². The lowest BCUT2D eigenvalue weighted by Crippen LogP contribution is -2.41. The SMILES string of the molecule is COc1ccc(C2CCCCC2)cc1-c1csc(NC(=O)C2CCN(C(=O)c3cccc[n+]3[O-])C2)n1. The molecule has 3 heterocycles. The Balaban J connectivity index is 1.26. The van der Waals surface area contributed by atoms with Gasteiger partial charge in [0.2, 0.25) is 5.91 Å². The third kappa shape index (κ3) is 5.06. The number of anilines is 1. The zero-order valence-electron chi connectivity index (χ0n) is 20.3. The molecule has 1 aliphatic carbocycles. The highest BCUT2D eigenvalue weighted by Crippen LogP contribution is 2.38. The van der Waals surface area contributed by atoms with Crippen LogP contribution >= 0.6 is 11.3 Å². The lowest BCUT2D eigenvalue weighted by atomic mass is 9.83. The van der Waals surface area contributed by atoms with Crippen molar-refractivity contribution >= 4 is 28.3 Å². The first kappa shape index (κ1) is 24.2. The Hall–Kier alpha value is -3.46. The van der Waals surface area contributed by atoms with Crippen LogP contribution in [0.1, 0.15) is 60.5 Å². The van der Waals surface area contributed by atoms with Gasteiger partial charge in [-0.2, -0.15) is 4.73 Å². The fraction of sp³-hybridized carbons (Fsp3) is 0.407. The number of nitrogens with zero attached hydrogens (tertiary/aromatic N) is 3. The number of benzene rings is 1. The summed E-state index contributed by atoms with van der Waals surface area (Å²) in [4.78, 5) is 31.9. The van der Waals surface area contributed by atoms with E-state index in [9.17, 15) is 14.8 Å². The van der Waals surface area contributed by atoms with E-state index in [2.05, 4.69) is 22.4 Å². The van der Waals surface area contributed by atoms with Gasteiger partial charge < -0.3 is 20.2 Å². The van der Waals surface area contributed by atoms with E-state index in [4.69, 9.17) is 4.74 Å². The fourth-order valence-corrected chi connectivity index (χ4v) is 5.91. The predicted octanol–water partition coefficient (Wildman–Crippen LogP) is 4.60. The number of pyridine rings is 1. The molecular weight excluding hydrogens is 476 g/mol. The Morgan fingerprint density at radius 3 is 2.78 bits per heavy atom. The lowest BCUT2D eigenvalue weighted by Gasteiger charge is -2.22. The van der Waals surface area contributed by atoms with Crippen molar-refractivity contribution in [3.05, 3.63) is 64.4 Å². The molecule has 5 rings (SSSR count). The maximum absolute atomic E-state index is 12.9. The number of likely N-dealkylation sites (tertiary alicyclic amines) is 1. The topological polar surface area (TPSA) is 98.5 Å². The third-order valence-corrected chi connectivity index (χ3v) is 7.96. The molecule has 1 N–H and O–H groups in total. The Morgan fingerprint density at radius 1 is 1.17 bits per heavy atom. The van der Waals surface area contributed by atoms with Gasteiger partial charge in [0.25, 0.3) is 5.69 Å². The smallest absolute Gasteiger partial charge is 0.319 e. The van der Waals surface area contributed by atoms with Crippen molar-refractivity contribution in [1.29, 1.82) is 0 Å². The highest BCUT2D eigenvalue weighted by Gasteiger charge is 2.34. The second-order valence-electron chi connectivity index (χ2n) is 9.47. The van der Waals surface area contributed by atoms with Crippen LogP contribution in [0.15, 0.2) is 48.0 Å². The molecular formula is C27H30N4O4S. The molecule has 3 aromatic rings. The quantitative estimate of drug-likeness (QED) is 0.389. The van der Waals surface area contributed by atoms with Crippen LogP contribution in [0.5, 0.6) is 5.75 Å². The van der Waals surface area contributed by atoms with E-state index in [1.54, 1.807) is 24.1 Å². The van der Waals surface area contributed by atoms with Crippen molar-refractivity contribution in [2.24, 2.45) is 5.92 Å². The standard InChI is InChI=1S/C27H30N4O4S/c1-35-24-11-10-19(18-7-3-2-4-8-18)15-21(24)22-17-36-27(28-22)29-25(32)20-12-14-30(16-20)26(33)23-9-5-6-13-31(23)34/h5-6,9-11,13,15,17-18,20H,2-4,7-8,12,14,16H2,1H3,(H,28,29,32). The average molecular weight is 507 g/mol. The minimum atomic E-state index is -0.359. The van der Waals surface area contributed by atoms with Gasteiger partial charge in [-0.1, -0.05) is 25.3 Å². The van der Waals surface area contributed by atoms with Gasteiger partial charge in [-0.15, -0.1) is 11.3 Å². The van der Waals surface area contributed by atoms with Crippen molar-refractivity contribution in [1.82, 2.24) is 9.88 Å². The predicted molar refractivity (Wildman–Crippen MR) is 138 cm³/mol. The molecule has 2 aliphatic rings. The molecule has 2 aromatic heterocycles. The summed E-state index contributed by atoms with van der Waals surface area (Å²) in [7, 11) is 1.66. The van der Waals surface area contributed by atoms with E-state index in [1.165, 1.54) is 61.3 Å². The molecule has 188 valence electrons. The number of thiazole rings is 1. The van der Waals surface area contributed by atoms with Crippen LogP contribution < -0.4 is 14.8 Å². The number of ether oxygens (including phenoxy) is 1. The van der Waals surface area contributed by atoms with E-state index in [1.807, 2.05) is 11.4 Å². The summed E-state index contributed by atoms with van der Waals surface area (Å²) in [5.74, 6) is 0.453. The van der Waals surface area contributed by atoms with Crippen LogP contribution in [0.2, 0.25) is 0 Å². The number of carbonyl (C=O) groups is 2. The Labute approximate surface area is 214 Å². The van der Waals surface area contributed by atoms with Gasteiger partial charge in [-0.3, -0.25) is 9.59 Å². The van der Waals surface area contributed by atoms with Gasteiger partial charge in [0, 0.05) is 36.2 Å². The summed E-state index contributed by atoms with van der Waals surface area (Å²) >= 11 is 1.37. The fourth-order valence-electron chi connectivity index (χ4n) is 5.19. The Bertz CT molecular complexity index is 1250. The van der Waals surface area contributed by atoms with Gasteiger partial charge >= 0.3 is 5.91 Å². The summed E-state index contributed by atoms with van der Waals surface area (Å²) < 4.78 is 6.17. The number of hydrogen-bond acceptors (Lipinski definition) is 6. The maximum Gasteiger partial charge on any atom is 0.319 e.